The number of anilines is 6. The summed E-state index contributed by atoms with van der Waals surface area (Å²) in [7, 11) is 0. The number of furan rings is 2. The predicted octanol–water partition coefficient (Wildman–Crippen LogP) is 34.2. The minimum Gasteiger partial charge on any atom is -0.455 e. The van der Waals surface area contributed by atoms with Crippen LogP contribution in [0.25, 0.3) is 172 Å². The van der Waals surface area contributed by atoms with E-state index < -0.39 is 5.41 Å². The van der Waals surface area contributed by atoms with Crippen LogP contribution >= 0.6 is 0 Å². The van der Waals surface area contributed by atoms with E-state index in [0.29, 0.717) is 0 Å². The Bertz CT molecular complexity index is 8210. The van der Waals surface area contributed by atoms with Gasteiger partial charge in [0.1, 0.15) is 22.3 Å². The number of rotatable bonds is 12. The Morgan fingerprint density at radius 2 is 0.552 bits per heavy atom. The lowest BCUT2D eigenvalue weighted by Crippen LogP contribution is -2.61. The highest BCUT2D eigenvalue weighted by Crippen LogP contribution is 2.58. The normalized spacial score (nSPS) is 13.0. The standard InChI is InChI=1S/C128H108BN3O2/c1-124(2,3)91-57-62-111-105(74-91)106-75-92(125(4,5)6)58-63-112(106)130(111)96-59-61-110-114(78-96)132(121-104(87-47-33-45-84(65-87)80-38-22-17-23-39-80)69-90(82-42-26-19-27-43-82)71-108(121)102-53-35-51-100-98-49-29-31-55-118(98)134-123(100)102)116-77-95(128(13,14)15)76-115-119(116)129(110)109-60-56-85(88-66-93(126(7,8)9)73-94(67-88)127(10,11)12)72-113(109)131(115)120-103(86-46-32-44-83(64-86)79-36-20-16-21-37-79)68-89(81-40-24-18-25-41-81)70-107(120)101-52-34-50-99-97-48-28-30-54-117(97)133-122(99)101/h16-78H,1-15H3. The third-order valence-corrected chi connectivity index (χ3v) is 28.5. The van der Waals surface area contributed by atoms with Crippen molar-refractivity contribution in [2.75, 3.05) is 9.80 Å². The maximum Gasteiger partial charge on any atom is 0.252 e. The van der Waals surface area contributed by atoms with Gasteiger partial charge in [-0.15, -0.1) is 0 Å². The van der Waals surface area contributed by atoms with Crippen molar-refractivity contribution >= 4 is 123 Å². The first-order valence-corrected chi connectivity index (χ1v) is 47.5. The van der Waals surface area contributed by atoms with Gasteiger partial charge in [-0.05, 0) is 241 Å². The van der Waals surface area contributed by atoms with Crippen LogP contribution in [0.4, 0.5) is 34.1 Å². The van der Waals surface area contributed by atoms with E-state index in [-0.39, 0.29) is 28.4 Å². The monoisotopic (exact) mass is 1730 g/mol. The molecular weight excluding hydrogens is 1620 g/mol. The largest absolute Gasteiger partial charge is 0.455 e. The van der Waals surface area contributed by atoms with Crippen molar-refractivity contribution in [3.05, 3.63) is 410 Å². The molecule has 18 aromatic carbocycles. The quantitative estimate of drug-likeness (QED) is 0.114. The highest BCUT2D eigenvalue weighted by molar-refractivity contribution is 7.00. The average molecular weight is 1730 g/mol. The summed E-state index contributed by atoms with van der Waals surface area (Å²) >= 11 is 0. The number of para-hydroxylation sites is 4. The van der Waals surface area contributed by atoms with E-state index in [1.165, 1.54) is 60.5 Å². The summed E-state index contributed by atoms with van der Waals surface area (Å²) in [6, 6.07) is 146. The van der Waals surface area contributed by atoms with E-state index >= 15 is 0 Å². The Hall–Kier alpha value is -15.0. The molecule has 0 spiro atoms. The molecule has 2 aliphatic rings. The summed E-state index contributed by atoms with van der Waals surface area (Å²) in [5.41, 5.74) is 41.3. The van der Waals surface area contributed by atoms with Crippen LogP contribution < -0.4 is 26.2 Å². The number of hydrogen-bond acceptors (Lipinski definition) is 4. The second-order valence-corrected chi connectivity index (χ2v) is 42.4. The Balaban J connectivity index is 0.924. The van der Waals surface area contributed by atoms with Crippen molar-refractivity contribution in [3.8, 4) is 106 Å². The van der Waals surface area contributed by atoms with Crippen LogP contribution in [0.15, 0.2) is 391 Å². The fourth-order valence-corrected chi connectivity index (χ4v) is 21.2. The molecule has 5 nitrogen and oxygen atoms in total. The second-order valence-electron chi connectivity index (χ2n) is 42.4. The number of aromatic nitrogens is 1. The zero-order valence-corrected chi connectivity index (χ0v) is 79.1. The van der Waals surface area contributed by atoms with Crippen LogP contribution in [0.2, 0.25) is 0 Å². The van der Waals surface area contributed by atoms with E-state index in [9.17, 15) is 0 Å². The van der Waals surface area contributed by atoms with Crippen molar-refractivity contribution in [2.24, 2.45) is 0 Å². The Labute approximate surface area is 787 Å². The Morgan fingerprint density at radius 1 is 0.209 bits per heavy atom. The van der Waals surface area contributed by atoms with Crippen LogP contribution in [-0.2, 0) is 27.1 Å². The maximum atomic E-state index is 7.48. The van der Waals surface area contributed by atoms with Crippen molar-refractivity contribution in [1.29, 1.82) is 0 Å². The van der Waals surface area contributed by atoms with Crippen molar-refractivity contribution in [2.45, 2.75) is 131 Å². The van der Waals surface area contributed by atoms with Crippen LogP contribution in [0.1, 0.15) is 132 Å². The van der Waals surface area contributed by atoms with Gasteiger partial charge in [-0.25, -0.2) is 0 Å². The molecule has 21 aromatic rings. The summed E-state index contributed by atoms with van der Waals surface area (Å²) in [4.78, 5) is 5.51. The van der Waals surface area contributed by atoms with E-state index in [0.717, 1.165) is 189 Å². The van der Waals surface area contributed by atoms with Crippen LogP contribution in [0, 0.1) is 0 Å². The number of nitrogens with zero attached hydrogens (tertiary/aromatic N) is 3. The minimum absolute atomic E-state index is 0.114. The lowest BCUT2D eigenvalue weighted by Gasteiger charge is -2.46. The van der Waals surface area contributed by atoms with Gasteiger partial charge in [0.15, 0.2) is 0 Å². The van der Waals surface area contributed by atoms with E-state index in [1.807, 2.05) is 0 Å². The smallest absolute Gasteiger partial charge is 0.252 e. The van der Waals surface area contributed by atoms with Crippen LogP contribution in [0.3, 0.4) is 0 Å². The molecule has 0 amide bonds. The zero-order chi connectivity index (χ0) is 91.8. The lowest BCUT2D eigenvalue weighted by atomic mass is 9.33. The second kappa shape index (κ2) is 31.4. The molecule has 0 bridgehead atoms. The first-order valence-electron chi connectivity index (χ1n) is 47.5. The summed E-state index contributed by atoms with van der Waals surface area (Å²) in [6.45, 7) is 35.1. The van der Waals surface area contributed by atoms with Gasteiger partial charge in [-0.2, -0.15) is 0 Å². The molecule has 3 aromatic heterocycles. The maximum absolute atomic E-state index is 7.48. The summed E-state index contributed by atoms with van der Waals surface area (Å²) in [6.07, 6.45) is 0. The van der Waals surface area contributed by atoms with Gasteiger partial charge >= 0.3 is 0 Å². The summed E-state index contributed by atoms with van der Waals surface area (Å²) < 4.78 is 17.5. The molecule has 650 valence electrons. The van der Waals surface area contributed by atoms with E-state index in [1.54, 1.807) is 0 Å². The van der Waals surface area contributed by atoms with Gasteiger partial charge in [0.2, 0.25) is 0 Å². The Kier molecular flexibility index (Phi) is 19.5. The molecule has 0 radical (unpaired) electrons. The highest BCUT2D eigenvalue weighted by atomic mass is 16.3. The summed E-state index contributed by atoms with van der Waals surface area (Å²) in [5, 5.41) is 6.70. The molecule has 0 saturated carbocycles. The predicted molar refractivity (Wildman–Crippen MR) is 572 cm³/mol. The molecule has 134 heavy (non-hydrogen) atoms. The molecule has 23 rings (SSSR count). The molecule has 0 N–H and O–H groups in total. The number of hydrogen-bond donors (Lipinski definition) is 0. The molecule has 5 heterocycles. The van der Waals surface area contributed by atoms with Gasteiger partial charge < -0.3 is 23.2 Å². The zero-order valence-electron chi connectivity index (χ0n) is 79.1. The molecule has 0 atom stereocenters. The molecule has 6 heteroatoms. The fourth-order valence-electron chi connectivity index (χ4n) is 21.2. The van der Waals surface area contributed by atoms with Crippen molar-refractivity contribution in [3.63, 3.8) is 0 Å². The summed E-state index contributed by atoms with van der Waals surface area (Å²) in [5.74, 6) is 0. The first-order chi connectivity index (χ1) is 64.6. The highest BCUT2D eigenvalue weighted by Gasteiger charge is 2.47. The Morgan fingerprint density at radius 3 is 0.985 bits per heavy atom. The third kappa shape index (κ3) is 14.2. The molecule has 0 aliphatic carbocycles. The number of benzene rings is 18. The molecule has 0 fully saturated rings. The van der Waals surface area contributed by atoms with Crippen LogP contribution in [0.5, 0.6) is 0 Å². The van der Waals surface area contributed by atoms with Gasteiger partial charge in [0, 0.05) is 94.1 Å². The number of fused-ring (bicyclic) bond motifs is 13. The molecular formula is C128H108BN3O2. The average Bonchev–Trinajstić information content (AvgIpc) is 0.743. The van der Waals surface area contributed by atoms with Gasteiger partial charge in [0.05, 0.1) is 22.4 Å². The van der Waals surface area contributed by atoms with E-state index in [4.69, 9.17) is 8.83 Å². The van der Waals surface area contributed by atoms with E-state index in [2.05, 4.69) is 500 Å². The van der Waals surface area contributed by atoms with Gasteiger partial charge in [0.25, 0.3) is 6.71 Å². The van der Waals surface area contributed by atoms with Crippen molar-refractivity contribution < 1.29 is 8.83 Å². The lowest BCUT2D eigenvalue weighted by molar-refractivity contribution is 0.569. The van der Waals surface area contributed by atoms with Gasteiger partial charge in [-0.3, -0.25) is 0 Å². The molecule has 2 aliphatic heterocycles. The van der Waals surface area contributed by atoms with Gasteiger partial charge in [-0.1, -0.05) is 383 Å². The van der Waals surface area contributed by atoms with Crippen molar-refractivity contribution in [1.82, 2.24) is 4.57 Å². The minimum atomic E-state index is -0.473. The first kappa shape index (κ1) is 83.4. The fraction of sp³-hybridized carbons (Fsp3) is 0.156. The molecule has 0 saturated heterocycles. The topological polar surface area (TPSA) is 37.7 Å². The SMILES string of the molecule is CC(C)(C)c1cc(-c2ccc3c(c2)N(c2c(-c4cccc(-c5ccccc5)c4)cc(-c4ccccc4)cc2-c2cccc4c2oc2ccccc24)c2cc(C(C)(C)C)cc4c2B3c2ccc(-n3c5ccc(C(C)(C)C)cc5c5cc(C(C)(C)C)ccc53)cc2N4c2c(-c3cccc(-c4ccccc4)c3)cc(-c3ccccc3)cc2-c2cccc3c2oc2ccccc23)cc(C(C)(C)C)c1. The third-order valence-electron chi connectivity index (χ3n) is 28.5. The van der Waals surface area contributed by atoms with Crippen LogP contribution in [-0.4, -0.2) is 11.3 Å². The molecule has 0 unspecified atom stereocenters.